The Morgan fingerprint density at radius 3 is 2.06 bits per heavy atom. The molecule has 0 heterocycles. The van der Waals surface area contributed by atoms with Crippen molar-refractivity contribution in [1.82, 2.24) is 0 Å². The van der Waals surface area contributed by atoms with Crippen LogP contribution in [0.3, 0.4) is 0 Å². The summed E-state index contributed by atoms with van der Waals surface area (Å²) in [6, 6.07) is 0. The Morgan fingerprint density at radius 2 is 1.49 bits per heavy atom. The lowest BCUT2D eigenvalue weighted by molar-refractivity contribution is -0.164. The number of hydrogen-bond donors (Lipinski definition) is 4. The topological polar surface area (TPSA) is 173 Å². The monoisotopic (exact) mass is 663 g/mol. The highest BCUT2D eigenvalue weighted by Gasteiger charge is 2.62. The van der Waals surface area contributed by atoms with E-state index in [-0.39, 0.29) is 55.1 Å². The third-order valence-corrected chi connectivity index (χ3v) is 12.0. The number of nitrogens with two attached hydrogens (primary N) is 1. The molecule has 3 fully saturated rings. The van der Waals surface area contributed by atoms with Crippen LogP contribution < -0.4 is 5.73 Å². The molecule has 3 saturated carbocycles. The van der Waals surface area contributed by atoms with Crippen LogP contribution in [-0.2, 0) is 28.7 Å². The summed E-state index contributed by atoms with van der Waals surface area (Å²) in [7, 11) is 0. The van der Waals surface area contributed by atoms with Crippen LogP contribution in [0.5, 0.6) is 0 Å². The maximum Gasteiger partial charge on any atom is 0.306 e. The zero-order valence-electron chi connectivity index (χ0n) is 29.4. The standard InChI is InChI=1S/C35H54O8.C2H7NO/c1-21(2)7-6-8-22(3)25-9-10-26-33-27(16-18-35(25,26)5)34(4)17-15-24(42-31(40)13-11-29(36)37)19-23(34)20-28(33)43-32(41)14-12-30(38)39;3-1-2-4/h20-22,24-28,33H,6-19H2,1-5H3,(H,36,37)(H,38,39);4H,1-3H2/t22-,24+,25-,26?,27?,28+,33?,34+,35-;/m1./s1. The van der Waals surface area contributed by atoms with Crippen molar-refractivity contribution >= 4 is 23.9 Å². The SMILES string of the molecule is CC(C)CCC[C@@H](C)[C@H]1CCC2C3C(CC[C@@]21C)[C@@]1(C)CC[C@H](OC(=O)CCC(=O)O)CC1=C[C@@H]3OC(=O)CCC(=O)O.NCCO. The van der Waals surface area contributed by atoms with Gasteiger partial charge in [-0.15, -0.1) is 0 Å². The van der Waals surface area contributed by atoms with Gasteiger partial charge in [0, 0.05) is 18.9 Å². The van der Waals surface area contributed by atoms with E-state index in [2.05, 4.69) is 40.7 Å². The molecule has 268 valence electrons. The summed E-state index contributed by atoms with van der Waals surface area (Å²) in [5.41, 5.74) is 6.04. The van der Waals surface area contributed by atoms with Crippen LogP contribution in [-0.4, -0.2) is 64.6 Å². The Hall–Kier alpha value is -2.46. The predicted octanol–water partition coefficient (Wildman–Crippen LogP) is 6.13. The molecule has 0 bridgehead atoms. The van der Waals surface area contributed by atoms with E-state index in [1.165, 1.54) is 25.7 Å². The number of rotatable bonds is 14. The molecule has 0 saturated heterocycles. The van der Waals surface area contributed by atoms with Crippen molar-refractivity contribution in [2.24, 2.45) is 52.1 Å². The number of carboxylic acid groups (broad SMARTS) is 2. The van der Waals surface area contributed by atoms with E-state index in [1.54, 1.807) is 0 Å². The second-order valence-corrected chi connectivity index (χ2v) is 15.5. The molecule has 9 atom stereocenters. The highest BCUT2D eigenvalue weighted by atomic mass is 16.5. The highest BCUT2D eigenvalue weighted by molar-refractivity contribution is 5.77. The number of hydrogen-bond acceptors (Lipinski definition) is 8. The molecule has 5 N–H and O–H groups in total. The number of fused-ring (bicyclic) bond motifs is 5. The van der Waals surface area contributed by atoms with Gasteiger partial charge >= 0.3 is 23.9 Å². The molecule has 4 aliphatic carbocycles. The minimum Gasteiger partial charge on any atom is -0.481 e. The second kappa shape index (κ2) is 17.3. The maximum atomic E-state index is 13.0. The van der Waals surface area contributed by atoms with Crippen molar-refractivity contribution in [2.45, 2.75) is 137 Å². The van der Waals surface area contributed by atoms with E-state index in [1.807, 2.05) is 0 Å². The number of aliphatic carboxylic acids is 2. The fourth-order valence-corrected chi connectivity index (χ4v) is 9.70. The molecule has 0 aliphatic heterocycles. The van der Waals surface area contributed by atoms with Gasteiger partial charge in [0.05, 0.1) is 32.3 Å². The lowest BCUT2D eigenvalue weighted by Gasteiger charge is -2.59. The Labute approximate surface area is 281 Å². The van der Waals surface area contributed by atoms with Gasteiger partial charge in [0.15, 0.2) is 0 Å². The van der Waals surface area contributed by atoms with Crippen LogP contribution in [0.1, 0.15) is 125 Å². The van der Waals surface area contributed by atoms with Crippen molar-refractivity contribution < 1.29 is 44.0 Å². The van der Waals surface area contributed by atoms with Gasteiger partial charge in [0.2, 0.25) is 0 Å². The molecule has 4 rings (SSSR count). The van der Waals surface area contributed by atoms with Gasteiger partial charge in [-0.25, -0.2) is 0 Å². The van der Waals surface area contributed by atoms with Crippen LogP contribution >= 0.6 is 0 Å². The normalized spacial score (nSPS) is 33.2. The van der Waals surface area contributed by atoms with E-state index in [4.69, 9.17) is 30.5 Å². The van der Waals surface area contributed by atoms with Crippen molar-refractivity contribution in [3.63, 3.8) is 0 Å². The van der Waals surface area contributed by atoms with Gasteiger partial charge in [0.1, 0.15) is 12.2 Å². The molecule has 0 aromatic heterocycles. The molecule has 10 heteroatoms. The summed E-state index contributed by atoms with van der Waals surface area (Å²) in [4.78, 5) is 47.4. The zero-order valence-corrected chi connectivity index (χ0v) is 29.4. The highest BCUT2D eigenvalue weighted by Crippen LogP contribution is 2.67. The largest absolute Gasteiger partial charge is 0.481 e. The summed E-state index contributed by atoms with van der Waals surface area (Å²) >= 11 is 0. The van der Waals surface area contributed by atoms with Crippen molar-refractivity contribution in [3.05, 3.63) is 11.6 Å². The third-order valence-electron chi connectivity index (χ3n) is 12.0. The van der Waals surface area contributed by atoms with Gasteiger partial charge in [-0.3, -0.25) is 19.2 Å². The predicted molar refractivity (Wildman–Crippen MR) is 178 cm³/mol. The van der Waals surface area contributed by atoms with Crippen molar-refractivity contribution in [1.29, 1.82) is 0 Å². The van der Waals surface area contributed by atoms with Gasteiger partial charge in [-0.05, 0) is 85.0 Å². The molecule has 0 aromatic carbocycles. The molecule has 4 aliphatic rings. The fraction of sp³-hybridized carbons (Fsp3) is 0.838. The Balaban J connectivity index is 0.00000142. The molecular formula is C37H61NO9. The quantitative estimate of drug-likeness (QED) is 0.125. The fourth-order valence-electron chi connectivity index (χ4n) is 9.70. The van der Waals surface area contributed by atoms with Crippen LogP contribution in [0.25, 0.3) is 0 Å². The molecule has 0 aromatic rings. The second-order valence-electron chi connectivity index (χ2n) is 15.5. The lowest BCUT2D eigenvalue weighted by Crippen LogP contribution is -2.55. The summed E-state index contributed by atoms with van der Waals surface area (Å²) in [6.45, 7) is 12.3. The van der Waals surface area contributed by atoms with Crippen LogP contribution in [0.4, 0.5) is 0 Å². The number of carboxylic acids is 2. The molecule has 3 unspecified atom stereocenters. The molecular weight excluding hydrogens is 602 g/mol. The third kappa shape index (κ3) is 9.80. The van der Waals surface area contributed by atoms with Crippen molar-refractivity contribution in [3.8, 4) is 0 Å². The first-order chi connectivity index (χ1) is 22.2. The summed E-state index contributed by atoms with van der Waals surface area (Å²) < 4.78 is 11.9. The van der Waals surface area contributed by atoms with E-state index in [0.717, 1.165) is 43.6 Å². The van der Waals surface area contributed by atoms with Crippen LogP contribution in [0.2, 0.25) is 0 Å². The number of ether oxygens (including phenoxy) is 2. The Bertz CT molecular complexity index is 1120. The maximum absolute atomic E-state index is 13.0. The average Bonchev–Trinajstić information content (AvgIpc) is 3.36. The van der Waals surface area contributed by atoms with Gasteiger partial charge in [-0.2, -0.15) is 0 Å². The van der Waals surface area contributed by atoms with Crippen LogP contribution in [0.15, 0.2) is 11.6 Å². The Kier molecular flexibility index (Phi) is 14.3. The van der Waals surface area contributed by atoms with E-state index in [0.29, 0.717) is 36.6 Å². The number of aliphatic hydroxyl groups excluding tert-OH is 1. The summed E-state index contributed by atoms with van der Waals surface area (Å²) in [6.07, 6.45) is 11.1. The Morgan fingerprint density at radius 1 is 0.872 bits per heavy atom. The minimum absolute atomic E-state index is 0.0824. The lowest BCUT2D eigenvalue weighted by atomic mass is 9.46. The van der Waals surface area contributed by atoms with E-state index >= 15 is 0 Å². The molecule has 0 spiro atoms. The number of aliphatic hydroxyl groups is 1. The van der Waals surface area contributed by atoms with E-state index < -0.39 is 30.0 Å². The first-order valence-electron chi connectivity index (χ1n) is 18.0. The van der Waals surface area contributed by atoms with Gasteiger partial charge < -0.3 is 30.5 Å². The van der Waals surface area contributed by atoms with Crippen molar-refractivity contribution in [2.75, 3.05) is 13.2 Å². The number of carbonyl (C=O) groups is 4. The molecule has 0 amide bonds. The van der Waals surface area contributed by atoms with Gasteiger partial charge in [-0.1, -0.05) is 59.5 Å². The average molecular weight is 664 g/mol. The smallest absolute Gasteiger partial charge is 0.306 e. The number of carbonyl (C=O) groups excluding carboxylic acids is 2. The molecule has 0 radical (unpaired) electrons. The zero-order chi connectivity index (χ0) is 34.9. The summed E-state index contributed by atoms with van der Waals surface area (Å²) in [5, 5.41) is 25.8. The van der Waals surface area contributed by atoms with Crippen LogP contribution in [0, 0.1) is 46.3 Å². The van der Waals surface area contributed by atoms with E-state index in [9.17, 15) is 19.2 Å². The summed E-state index contributed by atoms with van der Waals surface area (Å²) in [5.74, 6) is -0.0277. The molecule has 10 nitrogen and oxygen atoms in total. The first-order valence-corrected chi connectivity index (χ1v) is 18.0. The molecule has 47 heavy (non-hydrogen) atoms. The number of esters is 2. The van der Waals surface area contributed by atoms with Gasteiger partial charge in [0.25, 0.3) is 0 Å². The first kappa shape index (κ1) is 39.0. The minimum atomic E-state index is -1.02.